The van der Waals surface area contributed by atoms with Crippen molar-refractivity contribution in [3.05, 3.63) is 34.6 Å². The van der Waals surface area contributed by atoms with Gasteiger partial charge in [-0.1, -0.05) is 31.9 Å². The zero-order valence-electron chi connectivity index (χ0n) is 7.98. The third kappa shape index (κ3) is 2.70. The molecule has 1 aromatic rings. The second-order valence-electron chi connectivity index (χ2n) is 3.36. The Morgan fingerprint density at radius 2 is 2.15 bits per heavy atom. The number of rotatable bonds is 3. The molecule has 1 aromatic carbocycles. The fraction of sp³-hybridized carbons (Fsp3) is 0.455. The van der Waals surface area contributed by atoms with Crippen LogP contribution in [0.1, 0.15) is 38.2 Å². The molecule has 0 aliphatic rings. The summed E-state index contributed by atoms with van der Waals surface area (Å²) in [4.78, 5) is 0. The van der Waals surface area contributed by atoms with E-state index in [1.165, 1.54) is 12.1 Å². The molecule has 0 radical (unpaired) electrons. The Bertz CT molecular complexity index is 283. The van der Waals surface area contributed by atoms with Gasteiger partial charge in [-0.05, 0) is 36.1 Å². The van der Waals surface area contributed by atoms with Crippen LogP contribution in [0.15, 0.2) is 18.2 Å². The molecule has 0 fully saturated rings. The van der Waals surface area contributed by atoms with Crippen molar-refractivity contribution in [2.45, 2.75) is 32.6 Å². The topological polar surface area (TPSA) is 0 Å². The normalized spacial score (nSPS) is 12.9. The smallest absolute Gasteiger partial charge is 0.123 e. The van der Waals surface area contributed by atoms with E-state index in [2.05, 4.69) is 13.8 Å². The highest BCUT2D eigenvalue weighted by Crippen LogP contribution is 2.28. The van der Waals surface area contributed by atoms with Gasteiger partial charge in [0.2, 0.25) is 0 Å². The van der Waals surface area contributed by atoms with Gasteiger partial charge < -0.3 is 0 Å². The molecule has 0 amide bonds. The molecule has 72 valence electrons. The second-order valence-corrected chi connectivity index (χ2v) is 3.76. The molecule has 0 N–H and O–H groups in total. The lowest BCUT2D eigenvalue weighted by Gasteiger charge is -2.12. The Morgan fingerprint density at radius 1 is 1.46 bits per heavy atom. The van der Waals surface area contributed by atoms with E-state index in [1.807, 2.05) is 0 Å². The summed E-state index contributed by atoms with van der Waals surface area (Å²) in [5.41, 5.74) is 0.920. The summed E-state index contributed by atoms with van der Waals surface area (Å²) in [7, 11) is 0. The van der Waals surface area contributed by atoms with Crippen LogP contribution in [0.4, 0.5) is 4.39 Å². The molecule has 0 heterocycles. The Labute approximate surface area is 83.7 Å². The van der Waals surface area contributed by atoms with Gasteiger partial charge in [0.25, 0.3) is 0 Å². The highest BCUT2D eigenvalue weighted by atomic mass is 35.5. The van der Waals surface area contributed by atoms with Crippen LogP contribution in [-0.4, -0.2) is 0 Å². The molecule has 0 saturated heterocycles. The lowest BCUT2D eigenvalue weighted by atomic mass is 9.96. The van der Waals surface area contributed by atoms with Gasteiger partial charge in [-0.3, -0.25) is 0 Å². The predicted molar refractivity (Wildman–Crippen MR) is 54.7 cm³/mol. The van der Waals surface area contributed by atoms with E-state index >= 15 is 0 Å². The van der Waals surface area contributed by atoms with Gasteiger partial charge in [0.15, 0.2) is 0 Å². The summed E-state index contributed by atoms with van der Waals surface area (Å²) >= 11 is 5.96. The molecule has 1 atom stereocenters. The van der Waals surface area contributed by atoms with E-state index in [4.69, 9.17) is 11.6 Å². The van der Waals surface area contributed by atoms with Gasteiger partial charge in [0, 0.05) is 5.02 Å². The van der Waals surface area contributed by atoms with Crippen molar-refractivity contribution in [1.29, 1.82) is 0 Å². The minimum Gasteiger partial charge on any atom is -0.207 e. The molecule has 0 spiro atoms. The van der Waals surface area contributed by atoms with Crippen LogP contribution in [0.2, 0.25) is 5.02 Å². The van der Waals surface area contributed by atoms with Crippen LogP contribution in [0.25, 0.3) is 0 Å². The first kappa shape index (κ1) is 10.5. The molecule has 2 heteroatoms. The third-order valence-corrected chi connectivity index (χ3v) is 2.55. The first-order valence-electron chi connectivity index (χ1n) is 4.60. The summed E-state index contributed by atoms with van der Waals surface area (Å²) < 4.78 is 12.9. The average Bonchev–Trinajstić information content (AvgIpc) is 2.09. The minimum atomic E-state index is -0.206. The predicted octanol–water partition coefficient (Wildman–Crippen LogP) is 4.38. The van der Waals surface area contributed by atoms with E-state index in [0.29, 0.717) is 10.9 Å². The zero-order chi connectivity index (χ0) is 9.84. The highest BCUT2D eigenvalue weighted by Gasteiger charge is 2.09. The molecule has 0 saturated carbocycles. The van der Waals surface area contributed by atoms with Gasteiger partial charge >= 0.3 is 0 Å². The Hall–Kier alpha value is -0.560. The van der Waals surface area contributed by atoms with Gasteiger partial charge in [-0.15, -0.1) is 0 Å². The van der Waals surface area contributed by atoms with Crippen LogP contribution in [-0.2, 0) is 0 Å². The maximum absolute atomic E-state index is 12.9. The number of hydrogen-bond acceptors (Lipinski definition) is 0. The molecule has 0 bridgehead atoms. The minimum absolute atomic E-state index is 0.206. The van der Waals surface area contributed by atoms with Crippen LogP contribution < -0.4 is 0 Å². The monoisotopic (exact) mass is 200 g/mol. The molecule has 1 unspecified atom stereocenters. The third-order valence-electron chi connectivity index (χ3n) is 2.21. The average molecular weight is 201 g/mol. The van der Waals surface area contributed by atoms with E-state index in [9.17, 15) is 4.39 Å². The lowest BCUT2D eigenvalue weighted by Crippen LogP contribution is -1.94. The van der Waals surface area contributed by atoms with Crippen molar-refractivity contribution in [1.82, 2.24) is 0 Å². The van der Waals surface area contributed by atoms with Crippen molar-refractivity contribution in [3.63, 3.8) is 0 Å². The first-order chi connectivity index (χ1) is 6.15. The fourth-order valence-electron chi connectivity index (χ4n) is 1.48. The van der Waals surface area contributed by atoms with E-state index < -0.39 is 0 Å². The van der Waals surface area contributed by atoms with E-state index in [1.54, 1.807) is 6.07 Å². The number of halogens is 2. The molecule has 1 rings (SSSR count). The molecule has 0 nitrogen and oxygen atoms in total. The molecule has 0 aliphatic carbocycles. The van der Waals surface area contributed by atoms with Gasteiger partial charge in [-0.25, -0.2) is 4.39 Å². The first-order valence-corrected chi connectivity index (χ1v) is 4.98. The SMILES string of the molecule is CCCC(C)c1cc(F)ccc1Cl. The van der Waals surface area contributed by atoms with Crippen molar-refractivity contribution >= 4 is 11.6 Å². The molecule has 13 heavy (non-hydrogen) atoms. The van der Waals surface area contributed by atoms with E-state index in [0.717, 1.165) is 18.4 Å². The summed E-state index contributed by atoms with van der Waals surface area (Å²) in [6, 6.07) is 4.55. The molecule has 0 aliphatic heterocycles. The van der Waals surface area contributed by atoms with Gasteiger partial charge in [0.1, 0.15) is 5.82 Å². The standard InChI is InChI=1S/C11H14ClF/c1-3-4-8(2)10-7-9(13)5-6-11(10)12/h5-8H,3-4H2,1-2H3. The zero-order valence-corrected chi connectivity index (χ0v) is 8.74. The Kier molecular flexibility index (Phi) is 3.73. The Morgan fingerprint density at radius 3 is 2.77 bits per heavy atom. The Balaban J connectivity index is 2.91. The molecule has 0 aromatic heterocycles. The maximum atomic E-state index is 12.9. The largest absolute Gasteiger partial charge is 0.207 e. The van der Waals surface area contributed by atoms with Crippen LogP contribution in [0, 0.1) is 5.82 Å². The molecular weight excluding hydrogens is 187 g/mol. The molecular formula is C11H14ClF. The van der Waals surface area contributed by atoms with Gasteiger partial charge in [-0.2, -0.15) is 0 Å². The van der Waals surface area contributed by atoms with Crippen LogP contribution >= 0.6 is 11.6 Å². The number of hydrogen-bond donors (Lipinski definition) is 0. The van der Waals surface area contributed by atoms with Crippen molar-refractivity contribution in [2.24, 2.45) is 0 Å². The summed E-state index contributed by atoms with van der Waals surface area (Å²) in [6.07, 6.45) is 2.14. The second kappa shape index (κ2) is 4.61. The summed E-state index contributed by atoms with van der Waals surface area (Å²) in [6.45, 7) is 4.19. The van der Waals surface area contributed by atoms with Crippen molar-refractivity contribution in [3.8, 4) is 0 Å². The summed E-state index contributed by atoms with van der Waals surface area (Å²) in [5, 5.41) is 0.669. The van der Waals surface area contributed by atoms with Gasteiger partial charge in [0.05, 0.1) is 0 Å². The van der Waals surface area contributed by atoms with Crippen molar-refractivity contribution < 1.29 is 4.39 Å². The van der Waals surface area contributed by atoms with Crippen LogP contribution in [0.5, 0.6) is 0 Å². The van der Waals surface area contributed by atoms with Crippen molar-refractivity contribution in [2.75, 3.05) is 0 Å². The van der Waals surface area contributed by atoms with E-state index in [-0.39, 0.29) is 5.82 Å². The highest BCUT2D eigenvalue weighted by molar-refractivity contribution is 6.31. The number of benzene rings is 1. The quantitative estimate of drug-likeness (QED) is 0.679. The summed E-state index contributed by atoms with van der Waals surface area (Å²) in [5.74, 6) is 0.135. The van der Waals surface area contributed by atoms with Crippen LogP contribution in [0.3, 0.4) is 0 Å². The maximum Gasteiger partial charge on any atom is 0.123 e. The lowest BCUT2D eigenvalue weighted by molar-refractivity contribution is 0.613. The fourth-order valence-corrected chi connectivity index (χ4v) is 1.78.